The van der Waals surface area contributed by atoms with Gasteiger partial charge in [0.25, 0.3) is 0 Å². The van der Waals surface area contributed by atoms with E-state index in [1.54, 1.807) is 25.6 Å². The van der Waals surface area contributed by atoms with Crippen LogP contribution in [0.5, 0.6) is 11.5 Å². The maximum atomic E-state index is 12.9. The van der Waals surface area contributed by atoms with E-state index in [4.69, 9.17) is 14.0 Å². The summed E-state index contributed by atoms with van der Waals surface area (Å²) in [5.74, 6) is 2.52. The SMILES string of the molecule is COc1ccc(C2CCCN2C(=O)CCc2nc(-c3cccs3)no2)cc1OC. The van der Waals surface area contributed by atoms with E-state index in [0.29, 0.717) is 36.1 Å². The van der Waals surface area contributed by atoms with Gasteiger partial charge >= 0.3 is 0 Å². The second-order valence-electron chi connectivity index (χ2n) is 6.85. The monoisotopic (exact) mass is 413 g/mol. The summed E-state index contributed by atoms with van der Waals surface area (Å²) in [6.07, 6.45) is 2.69. The molecule has 0 saturated carbocycles. The van der Waals surface area contributed by atoms with Crippen LogP contribution in [0, 0.1) is 0 Å². The van der Waals surface area contributed by atoms with Gasteiger partial charge in [-0.3, -0.25) is 4.79 Å². The third kappa shape index (κ3) is 4.12. The summed E-state index contributed by atoms with van der Waals surface area (Å²) in [5.41, 5.74) is 1.06. The predicted molar refractivity (Wildman–Crippen MR) is 109 cm³/mol. The van der Waals surface area contributed by atoms with Crippen molar-refractivity contribution < 1.29 is 18.8 Å². The van der Waals surface area contributed by atoms with E-state index < -0.39 is 0 Å². The number of methoxy groups -OCH3 is 2. The molecule has 1 aromatic carbocycles. The molecule has 1 unspecified atom stereocenters. The van der Waals surface area contributed by atoms with Gasteiger partial charge in [-0.15, -0.1) is 11.3 Å². The molecule has 1 fully saturated rings. The fourth-order valence-electron chi connectivity index (χ4n) is 3.69. The predicted octanol–water partition coefficient (Wildman–Crippen LogP) is 4.11. The van der Waals surface area contributed by atoms with E-state index in [0.717, 1.165) is 29.8 Å². The zero-order valence-electron chi connectivity index (χ0n) is 16.5. The lowest BCUT2D eigenvalue weighted by Gasteiger charge is -2.25. The minimum atomic E-state index is 0.0478. The molecule has 1 amide bonds. The van der Waals surface area contributed by atoms with Crippen LogP contribution in [0.4, 0.5) is 0 Å². The Hall–Kier alpha value is -2.87. The van der Waals surface area contributed by atoms with Crippen LogP contribution in [-0.2, 0) is 11.2 Å². The Morgan fingerprint density at radius 3 is 2.90 bits per heavy atom. The summed E-state index contributed by atoms with van der Waals surface area (Å²) < 4.78 is 16.0. The highest BCUT2D eigenvalue weighted by atomic mass is 32.1. The molecule has 3 aromatic rings. The number of amides is 1. The smallest absolute Gasteiger partial charge is 0.227 e. The Kier molecular flexibility index (Phi) is 5.80. The summed E-state index contributed by atoms with van der Waals surface area (Å²) in [6, 6.07) is 9.79. The topological polar surface area (TPSA) is 77.7 Å². The molecular weight excluding hydrogens is 390 g/mol. The first kappa shape index (κ1) is 19.4. The number of hydrogen-bond donors (Lipinski definition) is 0. The molecule has 4 rings (SSSR count). The number of benzene rings is 1. The summed E-state index contributed by atoms with van der Waals surface area (Å²) >= 11 is 1.56. The largest absolute Gasteiger partial charge is 0.493 e. The quantitative estimate of drug-likeness (QED) is 0.580. The second kappa shape index (κ2) is 8.65. The molecule has 0 N–H and O–H groups in total. The van der Waals surface area contributed by atoms with Crippen molar-refractivity contribution in [3.63, 3.8) is 0 Å². The molecule has 3 heterocycles. The Morgan fingerprint density at radius 2 is 2.14 bits per heavy atom. The fraction of sp³-hybridized carbons (Fsp3) is 0.381. The number of hydrogen-bond acceptors (Lipinski definition) is 7. The van der Waals surface area contributed by atoms with E-state index >= 15 is 0 Å². The molecular formula is C21H23N3O4S. The maximum absolute atomic E-state index is 12.9. The Labute approximate surface area is 173 Å². The number of ether oxygens (including phenoxy) is 2. The maximum Gasteiger partial charge on any atom is 0.227 e. The van der Waals surface area contributed by atoms with E-state index in [1.807, 2.05) is 40.6 Å². The standard InChI is InChI=1S/C21H23N3O4S/c1-26-16-8-7-14(13-17(16)27-2)15-5-3-11-24(15)20(25)10-9-19-22-21(23-28-19)18-6-4-12-29-18/h4,6-8,12-13,15H,3,5,9-11H2,1-2H3. The highest BCUT2D eigenvalue weighted by Gasteiger charge is 2.30. The number of carbonyl (C=O) groups is 1. The van der Waals surface area contributed by atoms with Crippen molar-refractivity contribution in [3.05, 3.63) is 47.2 Å². The van der Waals surface area contributed by atoms with Crippen LogP contribution in [0.1, 0.15) is 36.8 Å². The fourth-order valence-corrected chi connectivity index (χ4v) is 4.34. The molecule has 8 heteroatoms. The summed E-state index contributed by atoms with van der Waals surface area (Å²) in [6.45, 7) is 0.752. The highest BCUT2D eigenvalue weighted by Crippen LogP contribution is 2.37. The molecule has 7 nitrogen and oxygen atoms in total. The minimum absolute atomic E-state index is 0.0478. The number of carbonyl (C=O) groups excluding carboxylic acids is 1. The van der Waals surface area contributed by atoms with E-state index in [-0.39, 0.29) is 11.9 Å². The zero-order chi connectivity index (χ0) is 20.2. The van der Waals surface area contributed by atoms with Gasteiger partial charge in [-0.1, -0.05) is 17.3 Å². The average Bonchev–Trinajstić information content (AvgIpc) is 3.52. The van der Waals surface area contributed by atoms with Crippen LogP contribution in [0.15, 0.2) is 40.2 Å². The van der Waals surface area contributed by atoms with Crippen molar-refractivity contribution in [3.8, 4) is 22.2 Å². The summed E-state index contributed by atoms with van der Waals surface area (Å²) in [5, 5.41) is 5.97. The van der Waals surface area contributed by atoms with Crippen LogP contribution < -0.4 is 9.47 Å². The molecule has 2 aromatic heterocycles. The number of nitrogens with zero attached hydrogens (tertiary/aromatic N) is 3. The lowest BCUT2D eigenvalue weighted by Crippen LogP contribution is -2.30. The van der Waals surface area contributed by atoms with Crippen molar-refractivity contribution >= 4 is 17.2 Å². The van der Waals surface area contributed by atoms with Gasteiger partial charge in [-0.2, -0.15) is 4.98 Å². The van der Waals surface area contributed by atoms with Gasteiger partial charge in [0.05, 0.1) is 25.1 Å². The molecule has 1 aliphatic rings. The van der Waals surface area contributed by atoms with Gasteiger partial charge in [0.15, 0.2) is 11.5 Å². The van der Waals surface area contributed by atoms with Gasteiger partial charge in [0, 0.05) is 19.4 Å². The van der Waals surface area contributed by atoms with Crippen LogP contribution >= 0.6 is 11.3 Å². The first-order valence-corrected chi connectivity index (χ1v) is 10.5. The zero-order valence-corrected chi connectivity index (χ0v) is 17.3. The summed E-state index contributed by atoms with van der Waals surface area (Å²) in [4.78, 5) is 20.2. The van der Waals surface area contributed by atoms with E-state index in [2.05, 4.69) is 10.1 Å². The van der Waals surface area contributed by atoms with Gasteiger partial charge in [0.1, 0.15) is 0 Å². The molecule has 0 radical (unpaired) electrons. The van der Waals surface area contributed by atoms with Crippen molar-refractivity contribution in [2.75, 3.05) is 20.8 Å². The van der Waals surface area contributed by atoms with Gasteiger partial charge in [-0.25, -0.2) is 0 Å². The first-order valence-electron chi connectivity index (χ1n) is 9.57. The molecule has 0 spiro atoms. The minimum Gasteiger partial charge on any atom is -0.493 e. The van der Waals surface area contributed by atoms with Crippen LogP contribution in [0.3, 0.4) is 0 Å². The first-order chi connectivity index (χ1) is 14.2. The number of aromatic nitrogens is 2. The van der Waals surface area contributed by atoms with Crippen molar-refractivity contribution in [2.45, 2.75) is 31.7 Å². The van der Waals surface area contributed by atoms with Gasteiger partial charge < -0.3 is 18.9 Å². The van der Waals surface area contributed by atoms with E-state index in [1.165, 1.54) is 0 Å². The van der Waals surface area contributed by atoms with Crippen LogP contribution in [0.2, 0.25) is 0 Å². The Bertz CT molecular complexity index is 970. The van der Waals surface area contributed by atoms with Crippen molar-refractivity contribution in [1.82, 2.24) is 15.0 Å². The number of rotatable bonds is 7. The molecule has 1 saturated heterocycles. The number of thiophene rings is 1. The van der Waals surface area contributed by atoms with E-state index in [9.17, 15) is 4.79 Å². The number of likely N-dealkylation sites (tertiary alicyclic amines) is 1. The Balaban J connectivity index is 1.42. The number of aryl methyl sites for hydroxylation is 1. The molecule has 0 aliphatic carbocycles. The molecule has 0 bridgehead atoms. The van der Waals surface area contributed by atoms with Crippen LogP contribution in [-0.4, -0.2) is 41.7 Å². The molecule has 1 atom stereocenters. The third-order valence-corrected chi connectivity index (χ3v) is 5.99. The van der Waals surface area contributed by atoms with Crippen molar-refractivity contribution in [1.29, 1.82) is 0 Å². The highest BCUT2D eigenvalue weighted by molar-refractivity contribution is 7.13. The molecule has 1 aliphatic heterocycles. The lowest BCUT2D eigenvalue weighted by molar-refractivity contribution is -0.132. The van der Waals surface area contributed by atoms with Gasteiger partial charge in [-0.05, 0) is 42.0 Å². The lowest BCUT2D eigenvalue weighted by atomic mass is 10.0. The van der Waals surface area contributed by atoms with Crippen LogP contribution in [0.25, 0.3) is 10.7 Å². The Morgan fingerprint density at radius 1 is 1.28 bits per heavy atom. The van der Waals surface area contributed by atoms with Gasteiger partial charge in [0.2, 0.25) is 17.6 Å². The molecule has 152 valence electrons. The normalized spacial score (nSPS) is 16.2. The third-order valence-electron chi connectivity index (χ3n) is 5.13. The summed E-state index contributed by atoms with van der Waals surface area (Å²) in [7, 11) is 3.23. The molecule has 29 heavy (non-hydrogen) atoms. The van der Waals surface area contributed by atoms with Crippen molar-refractivity contribution in [2.24, 2.45) is 0 Å². The average molecular weight is 413 g/mol. The second-order valence-corrected chi connectivity index (χ2v) is 7.80.